The van der Waals surface area contributed by atoms with Crippen LogP contribution in [0.1, 0.15) is 23.2 Å². The number of rotatable bonds is 5. The minimum atomic E-state index is -0.751. The highest BCUT2D eigenvalue weighted by Crippen LogP contribution is 2.15. The second-order valence-corrected chi connectivity index (χ2v) is 7.43. The smallest absolute Gasteiger partial charge is 0.224 e. The molecule has 1 fully saturated rings. The minimum absolute atomic E-state index is 0.00843. The molecule has 7 nitrogen and oxygen atoms in total. The van der Waals surface area contributed by atoms with Gasteiger partial charge in [0.2, 0.25) is 11.8 Å². The average Bonchev–Trinajstić information content (AvgIpc) is 2.78. The number of halogens is 3. The van der Waals surface area contributed by atoms with Gasteiger partial charge in [0, 0.05) is 38.7 Å². The zero-order valence-corrected chi connectivity index (χ0v) is 17.5. The van der Waals surface area contributed by atoms with E-state index < -0.39 is 11.6 Å². The number of benzene rings is 1. The Morgan fingerprint density at radius 3 is 2.66 bits per heavy atom. The highest BCUT2D eigenvalue weighted by Gasteiger charge is 2.14. The Labute approximate surface area is 184 Å². The summed E-state index contributed by atoms with van der Waals surface area (Å²) in [4.78, 5) is 28.3. The van der Waals surface area contributed by atoms with Crippen LogP contribution in [0.2, 0.25) is 0 Å². The number of nitrogens with zero attached hydrogens (tertiary/aromatic N) is 2. The minimum Gasteiger partial charge on any atom is -0.379 e. The highest BCUT2D eigenvalue weighted by atomic mass is 19.1. The molecule has 0 radical (unpaired) electrons. The standard InChI is InChI=1S/C13H17F2N3O2.C9H8FNO/c14-10-7-11(15)12(16-8-10)9-17-13(19)1-2-18-3-5-20-6-4-18;10-8-2-1-6-4-9(12)11-5-7(6)3-8/h7-8H,1-6,9H2,(H,17,19);1-3H,4-5H2,(H,11,12). The van der Waals surface area contributed by atoms with Crippen molar-refractivity contribution in [1.82, 2.24) is 20.5 Å². The Morgan fingerprint density at radius 1 is 1.12 bits per heavy atom. The van der Waals surface area contributed by atoms with E-state index in [1.165, 1.54) is 12.1 Å². The van der Waals surface area contributed by atoms with Crippen LogP contribution in [0.3, 0.4) is 0 Å². The van der Waals surface area contributed by atoms with Gasteiger partial charge in [-0.3, -0.25) is 19.5 Å². The van der Waals surface area contributed by atoms with Crippen molar-refractivity contribution >= 4 is 11.8 Å². The number of ether oxygens (including phenoxy) is 1. The third-order valence-electron chi connectivity index (χ3n) is 5.09. The molecule has 0 aliphatic carbocycles. The van der Waals surface area contributed by atoms with Crippen LogP contribution in [0.15, 0.2) is 30.5 Å². The van der Waals surface area contributed by atoms with Gasteiger partial charge in [-0.25, -0.2) is 13.2 Å². The third-order valence-corrected chi connectivity index (χ3v) is 5.09. The lowest BCUT2D eigenvalue weighted by molar-refractivity contribution is -0.122. The summed E-state index contributed by atoms with van der Waals surface area (Å²) in [6, 6.07) is 5.28. The summed E-state index contributed by atoms with van der Waals surface area (Å²) >= 11 is 0. The molecular weight excluding hydrogens is 425 g/mol. The molecule has 3 heterocycles. The quantitative estimate of drug-likeness (QED) is 0.725. The fraction of sp³-hybridized carbons (Fsp3) is 0.409. The molecule has 0 atom stereocenters. The number of carbonyl (C=O) groups excluding carboxylic acids is 2. The molecule has 10 heteroatoms. The van der Waals surface area contributed by atoms with E-state index in [9.17, 15) is 22.8 Å². The maximum Gasteiger partial charge on any atom is 0.224 e. The van der Waals surface area contributed by atoms with Crippen LogP contribution >= 0.6 is 0 Å². The van der Waals surface area contributed by atoms with Crippen molar-refractivity contribution in [2.24, 2.45) is 0 Å². The SMILES string of the molecule is O=C(CCN1CCOCC1)NCc1ncc(F)cc1F.O=C1Cc2ccc(F)cc2CN1. The third kappa shape index (κ3) is 7.31. The molecule has 2 aliphatic heterocycles. The van der Waals surface area contributed by atoms with Crippen LogP contribution in [0.5, 0.6) is 0 Å². The first-order valence-electron chi connectivity index (χ1n) is 10.3. The van der Waals surface area contributed by atoms with Crippen molar-refractivity contribution in [3.63, 3.8) is 0 Å². The molecule has 2 N–H and O–H groups in total. The zero-order chi connectivity index (χ0) is 22.9. The van der Waals surface area contributed by atoms with E-state index in [1.807, 2.05) is 0 Å². The summed E-state index contributed by atoms with van der Waals surface area (Å²) in [5, 5.41) is 5.24. The number of morpholine rings is 1. The number of fused-ring (bicyclic) bond motifs is 1. The monoisotopic (exact) mass is 450 g/mol. The van der Waals surface area contributed by atoms with E-state index in [4.69, 9.17) is 4.74 Å². The Morgan fingerprint density at radius 2 is 1.91 bits per heavy atom. The second kappa shape index (κ2) is 11.6. The lowest BCUT2D eigenvalue weighted by Gasteiger charge is -2.26. The van der Waals surface area contributed by atoms with Gasteiger partial charge in [-0.15, -0.1) is 0 Å². The molecular formula is C22H25F3N4O3. The second-order valence-electron chi connectivity index (χ2n) is 7.43. The van der Waals surface area contributed by atoms with Crippen LogP contribution in [0, 0.1) is 17.5 Å². The van der Waals surface area contributed by atoms with Crippen LogP contribution < -0.4 is 10.6 Å². The first-order valence-corrected chi connectivity index (χ1v) is 10.3. The summed E-state index contributed by atoms with van der Waals surface area (Å²) in [6.07, 6.45) is 1.64. The molecule has 32 heavy (non-hydrogen) atoms. The van der Waals surface area contributed by atoms with E-state index in [0.29, 0.717) is 39.1 Å². The van der Waals surface area contributed by atoms with Gasteiger partial charge in [-0.05, 0) is 23.3 Å². The highest BCUT2D eigenvalue weighted by molar-refractivity contribution is 5.80. The largest absolute Gasteiger partial charge is 0.379 e. The molecule has 172 valence electrons. The van der Waals surface area contributed by atoms with Gasteiger partial charge in [0.15, 0.2) is 0 Å². The topological polar surface area (TPSA) is 83.6 Å². The lowest BCUT2D eigenvalue weighted by Crippen LogP contribution is -2.38. The molecule has 0 bridgehead atoms. The van der Waals surface area contributed by atoms with Crippen molar-refractivity contribution < 1.29 is 27.5 Å². The summed E-state index contributed by atoms with van der Waals surface area (Å²) in [5.74, 6) is -1.90. The normalized spacial score (nSPS) is 15.8. The Kier molecular flexibility index (Phi) is 8.57. The summed E-state index contributed by atoms with van der Waals surface area (Å²) in [7, 11) is 0. The zero-order valence-electron chi connectivity index (χ0n) is 17.5. The van der Waals surface area contributed by atoms with Gasteiger partial charge < -0.3 is 15.4 Å². The van der Waals surface area contributed by atoms with Crippen LogP contribution in [0.25, 0.3) is 0 Å². The van der Waals surface area contributed by atoms with Gasteiger partial charge >= 0.3 is 0 Å². The molecule has 1 aromatic carbocycles. The number of amides is 2. The van der Waals surface area contributed by atoms with Crippen molar-refractivity contribution in [2.45, 2.75) is 25.9 Å². The molecule has 2 aromatic rings. The Balaban J connectivity index is 0.000000204. The van der Waals surface area contributed by atoms with Crippen molar-refractivity contribution in [3.8, 4) is 0 Å². The predicted octanol–water partition coefficient (Wildman–Crippen LogP) is 1.70. The maximum atomic E-state index is 13.3. The van der Waals surface area contributed by atoms with E-state index in [0.717, 1.165) is 36.5 Å². The lowest BCUT2D eigenvalue weighted by atomic mass is 10.0. The number of nitrogens with one attached hydrogen (secondary N) is 2. The molecule has 0 spiro atoms. The van der Waals surface area contributed by atoms with Gasteiger partial charge in [0.1, 0.15) is 17.5 Å². The molecule has 1 saturated heterocycles. The first-order chi connectivity index (χ1) is 15.4. The van der Waals surface area contributed by atoms with E-state index in [2.05, 4.69) is 20.5 Å². The molecule has 4 rings (SSSR count). The molecule has 2 aliphatic rings. The molecule has 1 aromatic heterocycles. The molecule has 2 amide bonds. The van der Waals surface area contributed by atoms with E-state index in [-0.39, 0.29) is 29.9 Å². The summed E-state index contributed by atoms with van der Waals surface area (Å²) in [6.45, 7) is 4.08. The van der Waals surface area contributed by atoms with Gasteiger partial charge in [-0.1, -0.05) is 6.07 Å². The van der Waals surface area contributed by atoms with Crippen LogP contribution in [0.4, 0.5) is 13.2 Å². The first kappa shape index (κ1) is 23.7. The number of aromatic nitrogens is 1. The summed E-state index contributed by atoms with van der Waals surface area (Å²) in [5.41, 5.74) is 1.85. The molecule has 0 unspecified atom stereocenters. The maximum absolute atomic E-state index is 13.3. The number of carbonyl (C=O) groups is 2. The molecule has 0 saturated carbocycles. The van der Waals surface area contributed by atoms with Crippen LogP contribution in [-0.4, -0.2) is 54.5 Å². The fourth-order valence-corrected chi connectivity index (χ4v) is 3.29. The Bertz CT molecular complexity index is 952. The van der Waals surface area contributed by atoms with Crippen molar-refractivity contribution in [2.75, 3.05) is 32.8 Å². The Hall–Kier alpha value is -2.98. The van der Waals surface area contributed by atoms with E-state index >= 15 is 0 Å². The van der Waals surface area contributed by atoms with Gasteiger partial charge in [0.05, 0.1) is 38.1 Å². The number of hydrogen-bond acceptors (Lipinski definition) is 5. The van der Waals surface area contributed by atoms with Gasteiger partial charge in [0.25, 0.3) is 0 Å². The van der Waals surface area contributed by atoms with E-state index in [1.54, 1.807) is 6.07 Å². The van der Waals surface area contributed by atoms with Crippen molar-refractivity contribution in [1.29, 1.82) is 0 Å². The van der Waals surface area contributed by atoms with Gasteiger partial charge in [-0.2, -0.15) is 0 Å². The van der Waals surface area contributed by atoms with Crippen LogP contribution in [-0.2, 0) is 33.8 Å². The van der Waals surface area contributed by atoms with Crippen molar-refractivity contribution in [3.05, 3.63) is 64.7 Å². The average molecular weight is 450 g/mol. The fourth-order valence-electron chi connectivity index (χ4n) is 3.29. The summed E-state index contributed by atoms with van der Waals surface area (Å²) < 4.78 is 43.9. The number of pyridine rings is 1. The number of hydrogen-bond donors (Lipinski definition) is 2. The predicted molar refractivity (Wildman–Crippen MR) is 110 cm³/mol.